The van der Waals surface area contributed by atoms with Gasteiger partial charge in [0.1, 0.15) is 5.84 Å². The molecule has 1 saturated heterocycles. The minimum Gasteiger partial charge on any atom is -0.385 e. The van der Waals surface area contributed by atoms with Crippen LogP contribution in [0.4, 0.5) is 19.3 Å². The van der Waals surface area contributed by atoms with Crippen molar-refractivity contribution in [2.45, 2.75) is 50.5 Å². The summed E-state index contributed by atoms with van der Waals surface area (Å²) in [4.78, 5) is 18.3. The molecule has 3 N–H and O–H groups in total. The summed E-state index contributed by atoms with van der Waals surface area (Å²) < 4.78 is 28.8. The number of nitrogens with zero attached hydrogens (tertiary/aromatic N) is 6. The van der Waals surface area contributed by atoms with E-state index in [4.69, 9.17) is 5.26 Å². The SMILES string of the molecule is CNC(=O)N1CCC(NC2CCN(CC#N)CC2)=C(C(=N)N2CCCc3cc(C4C=NN(C)C4)c(C(F)F)cc32)C1. The van der Waals surface area contributed by atoms with E-state index in [0.29, 0.717) is 43.9 Å². The van der Waals surface area contributed by atoms with Crippen LogP contribution in [0, 0.1) is 16.7 Å². The summed E-state index contributed by atoms with van der Waals surface area (Å²) in [5.74, 6) is 0.0563. The van der Waals surface area contributed by atoms with E-state index in [-0.39, 0.29) is 35.9 Å². The van der Waals surface area contributed by atoms with Gasteiger partial charge in [0.25, 0.3) is 6.43 Å². The van der Waals surface area contributed by atoms with Gasteiger partial charge in [-0.2, -0.15) is 10.4 Å². The second kappa shape index (κ2) is 12.4. The van der Waals surface area contributed by atoms with Crippen molar-refractivity contribution in [3.8, 4) is 6.07 Å². The Morgan fingerprint density at radius 3 is 2.66 bits per heavy atom. The number of hydrogen-bond donors (Lipinski definition) is 3. The third-order valence-corrected chi connectivity index (χ3v) is 8.60. The molecule has 2 amide bonds. The van der Waals surface area contributed by atoms with Crippen LogP contribution in [0.15, 0.2) is 28.5 Å². The number of anilines is 1. The summed E-state index contributed by atoms with van der Waals surface area (Å²) in [7, 11) is 3.43. The Kier molecular flexibility index (Phi) is 8.73. The topological polar surface area (TPSA) is 114 Å². The molecule has 0 aromatic heterocycles. The third-order valence-electron chi connectivity index (χ3n) is 8.60. The number of fused-ring (bicyclic) bond motifs is 1. The number of amides is 2. The number of halogens is 2. The Bertz CT molecular complexity index is 1270. The van der Waals surface area contributed by atoms with Crippen molar-refractivity contribution in [2.75, 3.05) is 64.8 Å². The molecule has 41 heavy (non-hydrogen) atoms. The molecule has 5 rings (SSSR count). The number of nitriles is 1. The molecule has 10 nitrogen and oxygen atoms in total. The number of hydrazone groups is 1. The average molecular weight is 568 g/mol. The van der Waals surface area contributed by atoms with Crippen molar-refractivity contribution >= 4 is 23.8 Å². The first-order valence-electron chi connectivity index (χ1n) is 14.4. The maximum atomic E-state index is 14.4. The minimum atomic E-state index is -2.64. The predicted octanol–water partition coefficient (Wildman–Crippen LogP) is 3.25. The molecular weight excluding hydrogens is 528 g/mol. The molecule has 4 aliphatic rings. The van der Waals surface area contributed by atoms with Crippen molar-refractivity contribution in [1.82, 2.24) is 25.4 Å². The van der Waals surface area contributed by atoms with Crippen LogP contribution in [0.2, 0.25) is 0 Å². The first-order valence-corrected chi connectivity index (χ1v) is 14.4. The van der Waals surface area contributed by atoms with Gasteiger partial charge in [-0.25, -0.2) is 13.6 Å². The number of carbonyl (C=O) groups is 1. The second-order valence-corrected chi connectivity index (χ2v) is 11.3. The number of benzene rings is 1. The van der Waals surface area contributed by atoms with Gasteiger partial charge in [0.15, 0.2) is 0 Å². The Balaban J connectivity index is 1.45. The molecule has 1 aromatic carbocycles. The molecule has 220 valence electrons. The van der Waals surface area contributed by atoms with Crippen LogP contribution in [0.1, 0.15) is 54.7 Å². The van der Waals surface area contributed by atoms with Gasteiger partial charge < -0.3 is 20.4 Å². The van der Waals surface area contributed by atoms with Gasteiger partial charge in [-0.3, -0.25) is 15.3 Å². The van der Waals surface area contributed by atoms with Gasteiger partial charge >= 0.3 is 6.03 Å². The lowest BCUT2D eigenvalue weighted by Gasteiger charge is -2.39. The molecule has 0 bridgehead atoms. The zero-order valence-corrected chi connectivity index (χ0v) is 23.8. The third kappa shape index (κ3) is 6.15. The molecule has 4 heterocycles. The van der Waals surface area contributed by atoms with Crippen LogP contribution >= 0.6 is 0 Å². The highest BCUT2D eigenvalue weighted by atomic mass is 19.3. The zero-order valence-electron chi connectivity index (χ0n) is 23.8. The number of urea groups is 1. The Morgan fingerprint density at radius 1 is 1.22 bits per heavy atom. The van der Waals surface area contributed by atoms with Gasteiger partial charge in [0.05, 0.1) is 19.2 Å². The zero-order chi connectivity index (χ0) is 29.1. The molecular formula is C29H39F2N9O. The Labute approximate surface area is 240 Å². The van der Waals surface area contributed by atoms with E-state index in [9.17, 15) is 19.0 Å². The fourth-order valence-corrected chi connectivity index (χ4v) is 6.38. The number of piperidine rings is 1. The molecule has 12 heteroatoms. The maximum absolute atomic E-state index is 14.4. The fraction of sp³-hybridized carbons (Fsp3) is 0.586. The van der Waals surface area contributed by atoms with Crippen LogP contribution in [0.25, 0.3) is 0 Å². The lowest BCUT2D eigenvalue weighted by Crippen LogP contribution is -2.49. The molecule has 0 aliphatic carbocycles. The number of likely N-dealkylation sites (tertiary alicyclic amines) is 1. The second-order valence-electron chi connectivity index (χ2n) is 11.3. The highest BCUT2D eigenvalue weighted by Crippen LogP contribution is 2.39. The standard InChI is InChI=1S/C29H39F2N9O/c1-34-29(41)39-12-7-25(36-21-5-10-38(11-6-21)13-8-32)24(18-39)28(33)40-9-3-4-19-14-22(20-16-35-37(2)17-20)23(27(30)31)15-26(19)40/h14-16,20-21,27,33,36H,3-7,9-13,17-18H2,1-2H3,(H,34,41). The fourth-order valence-electron chi connectivity index (χ4n) is 6.38. The number of aryl methyl sites for hydroxylation is 1. The van der Waals surface area contributed by atoms with Gasteiger partial charge in [0.2, 0.25) is 0 Å². The van der Waals surface area contributed by atoms with Crippen molar-refractivity contribution in [3.05, 3.63) is 40.1 Å². The van der Waals surface area contributed by atoms with E-state index in [2.05, 4.69) is 26.7 Å². The number of amidine groups is 1. The normalized spacial score (nSPS) is 21.8. The van der Waals surface area contributed by atoms with Gasteiger partial charge in [-0.15, -0.1) is 0 Å². The van der Waals surface area contributed by atoms with E-state index >= 15 is 0 Å². The highest BCUT2D eigenvalue weighted by Gasteiger charge is 2.33. The van der Waals surface area contributed by atoms with Crippen LogP contribution < -0.4 is 15.5 Å². The number of hydrogen-bond acceptors (Lipinski definition) is 7. The van der Waals surface area contributed by atoms with E-state index in [1.54, 1.807) is 29.2 Å². The quantitative estimate of drug-likeness (QED) is 0.276. The summed E-state index contributed by atoms with van der Waals surface area (Å²) in [6.07, 6.45) is 3.00. The van der Waals surface area contributed by atoms with Crippen molar-refractivity contribution < 1.29 is 13.6 Å². The lowest BCUT2D eigenvalue weighted by atomic mass is 9.89. The number of alkyl halides is 2. The highest BCUT2D eigenvalue weighted by molar-refractivity contribution is 6.09. The number of carbonyl (C=O) groups excluding carboxylic acids is 1. The van der Waals surface area contributed by atoms with E-state index in [0.717, 1.165) is 55.6 Å². The average Bonchev–Trinajstić information content (AvgIpc) is 3.42. The van der Waals surface area contributed by atoms with Gasteiger partial charge in [0, 0.05) is 93.9 Å². The van der Waals surface area contributed by atoms with E-state index in [1.807, 2.05) is 18.0 Å². The number of nitrogens with one attached hydrogen (secondary N) is 3. The molecule has 0 radical (unpaired) electrons. The summed E-state index contributed by atoms with van der Waals surface area (Å²) in [5.41, 5.74) is 3.87. The van der Waals surface area contributed by atoms with Gasteiger partial charge in [-0.1, -0.05) is 6.07 Å². The van der Waals surface area contributed by atoms with E-state index in [1.165, 1.54) is 0 Å². The molecule has 1 unspecified atom stereocenters. The van der Waals surface area contributed by atoms with Crippen LogP contribution in [0.5, 0.6) is 0 Å². The summed E-state index contributed by atoms with van der Waals surface area (Å²) >= 11 is 0. The van der Waals surface area contributed by atoms with Crippen molar-refractivity contribution in [2.24, 2.45) is 5.10 Å². The van der Waals surface area contributed by atoms with Gasteiger partial charge in [-0.05, 0) is 42.9 Å². The smallest absolute Gasteiger partial charge is 0.317 e. The van der Waals surface area contributed by atoms with Crippen LogP contribution in [-0.2, 0) is 6.42 Å². The predicted molar refractivity (Wildman–Crippen MR) is 155 cm³/mol. The number of likely N-dealkylation sites (N-methyl/N-ethyl adjacent to an activating group) is 1. The van der Waals surface area contributed by atoms with Crippen LogP contribution in [0.3, 0.4) is 0 Å². The van der Waals surface area contributed by atoms with E-state index < -0.39 is 6.43 Å². The van der Waals surface area contributed by atoms with Crippen molar-refractivity contribution in [1.29, 1.82) is 10.7 Å². The maximum Gasteiger partial charge on any atom is 0.317 e. The number of rotatable bonds is 6. The molecule has 1 atom stereocenters. The lowest BCUT2D eigenvalue weighted by molar-refractivity contribution is 0.150. The summed E-state index contributed by atoms with van der Waals surface area (Å²) in [6, 6.07) is 5.70. The summed E-state index contributed by atoms with van der Waals surface area (Å²) in [6.45, 7) is 3.98. The summed E-state index contributed by atoms with van der Waals surface area (Å²) in [5, 5.41) is 30.8. The Hall–Kier alpha value is -3.72. The molecule has 4 aliphatic heterocycles. The molecule has 0 saturated carbocycles. The minimum absolute atomic E-state index is 0.0118. The molecule has 0 spiro atoms. The largest absolute Gasteiger partial charge is 0.385 e. The Morgan fingerprint density at radius 2 is 2.00 bits per heavy atom. The van der Waals surface area contributed by atoms with Crippen LogP contribution in [-0.4, -0.2) is 98.8 Å². The first-order chi connectivity index (χ1) is 19.8. The first kappa shape index (κ1) is 28.8. The monoisotopic (exact) mass is 567 g/mol. The van der Waals surface area contributed by atoms with Crippen molar-refractivity contribution in [3.63, 3.8) is 0 Å². The molecule has 1 aromatic rings. The molecule has 1 fully saturated rings.